The summed E-state index contributed by atoms with van der Waals surface area (Å²) in [5.41, 5.74) is 0.485. The molecule has 2 saturated heterocycles. The van der Waals surface area contributed by atoms with Gasteiger partial charge in [0.05, 0.1) is 0 Å². The van der Waals surface area contributed by atoms with Gasteiger partial charge in [0, 0.05) is 51.4 Å². The van der Waals surface area contributed by atoms with Crippen molar-refractivity contribution in [3.05, 3.63) is 35.6 Å². The van der Waals surface area contributed by atoms with E-state index in [9.17, 15) is 14.0 Å². The van der Waals surface area contributed by atoms with Crippen LogP contribution in [0.3, 0.4) is 0 Å². The number of nitrogens with zero attached hydrogens (tertiary/aromatic N) is 2. The lowest BCUT2D eigenvalue weighted by Gasteiger charge is -2.23. The van der Waals surface area contributed by atoms with Crippen molar-refractivity contribution in [2.75, 3.05) is 39.4 Å². The van der Waals surface area contributed by atoms with Crippen molar-refractivity contribution in [3.63, 3.8) is 0 Å². The summed E-state index contributed by atoms with van der Waals surface area (Å²) in [6, 6.07) is 5.60. The van der Waals surface area contributed by atoms with E-state index >= 15 is 0 Å². The van der Waals surface area contributed by atoms with Crippen LogP contribution in [0.1, 0.15) is 29.6 Å². The molecule has 3 rings (SSSR count). The van der Waals surface area contributed by atoms with Gasteiger partial charge in [0.2, 0.25) is 5.91 Å². The Labute approximate surface area is 141 Å². The van der Waals surface area contributed by atoms with Crippen LogP contribution in [0.15, 0.2) is 24.3 Å². The molecule has 0 aromatic heterocycles. The molecular weight excluding hydrogens is 311 g/mol. The molecule has 2 heterocycles. The van der Waals surface area contributed by atoms with Crippen LogP contribution in [0.2, 0.25) is 0 Å². The lowest BCUT2D eigenvalue weighted by molar-refractivity contribution is -0.132. The van der Waals surface area contributed by atoms with Gasteiger partial charge < -0.3 is 14.5 Å². The minimum Gasteiger partial charge on any atom is -0.381 e. The zero-order valence-electron chi connectivity index (χ0n) is 13.7. The van der Waals surface area contributed by atoms with E-state index in [1.807, 2.05) is 4.90 Å². The highest BCUT2D eigenvalue weighted by Gasteiger charge is 2.26. The Bertz CT molecular complexity index is 584. The number of benzene rings is 1. The van der Waals surface area contributed by atoms with E-state index < -0.39 is 0 Å². The Balaban J connectivity index is 1.55. The van der Waals surface area contributed by atoms with Gasteiger partial charge in [-0.05, 0) is 43.0 Å². The topological polar surface area (TPSA) is 49.9 Å². The summed E-state index contributed by atoms with van der Waals surface area (Å²) < 4.78 is 18.3. The van der Waals surface area contributed by atoms with Crippen LogP contribution in [0.4, 0.5) is 4.39 Å². The summed E-state index contributed by atoms with van der Waals surface area (Å²) >= 11 is 0. The number of hydrogen-bond donors (Lipinski definition) is 0. The molecule has 2 amide bonds. The zero-order valence-corrected chi connectivity index (χ0v) is 13.7. The fourth-order valence-corrected chi connectivity index (χ4v) is 3.27. The van der Waals surface area contributed by atoms with E-state index in [1.165, 1.54) is 24.3 Å². The van der Waals surface area contributed by atoms with Crippen LogP contribution in [-0.2, 0) is 9.53 Å². The first kappa shape index (κ1) is 16.9. The molecule has 1 aromatic rings. The first-order chi connectivity index (χ1) is 11.6. The summed E-state index contributed by atoms with van der Waals surface area (Å²) in [5.74, 6) is 0.0304. The number of carbonyl (C=O) groups excluding carboxylic acids is 2. The first-order valence-corrected chi connectivity index (χ1v) is 8.54. The maximum atomic E-state index is 13.0. The van der Waals surface area contributed by atoms with Crippen LogP contribution >= 0.6 is 0 Å². The average Bonchev–Trinajstić information content (AvgIpc) is 2.96. The molecule has 1 atom stereocenters. The Morgan fingerprint density at radius 2 is 1.79 bits per heavy atom. The van der Waals surface area contributed by atoms with Crippen LogP contribution in [0, 0.1) is 11.7 Å². The minimum absolute atomic E-state index is 0.103. The predicted octanol–water partition coefficient (Wildman–Crippen LogP) is 1.93. The molecule has 24 heavy (non-hydrogen) atoms. The monoisotopic (exact) mass is 334 g/mol. The predicted molar refractivity (Wildman–Crippen MR) is 87.0 cm³/mol. The third kappa shape index (κ3) is 4.12. The molecule has 0 aliphatic carbocycles. The Morgan fingerprint density at radius 3 is 2.50 bits per heavy atom. The maximum Gasteiger partial charge on any atom is 0.253 e. The van der Waals surface area contributed by atoms with Gasteiger partial charge in [-0.2, -0.15) is 0 Å². The lowest BCUT2D eigenvalue weighted by atomic mass is 10.0. The Kier molecular flexibility index (Phi) is 5.45. The van der Waals surface area contributed by atoms with Crippen LogP contribution < -0.4 is 0 Å². The van der Waals surface area contributed by atoms with Crippen LogP contribution in [0.25, 0.3) is 0 Å². The third-order valence-corrected chi connectivity index (χ3v) is 4.71. The van der Waals surface area contributed by atoms with E-state index in [1.54, 1.807) is 4.90 Å². The molecule has 130 valence electrons. The normalized spacial score (nSPS) is 21.6. The van der Waals surface area contributed by atoms with Crippen molar-refractivity contribution in [1.29, 1.82) is 0 Å². The summed E-state index contributed by atoms with van der Waals surface area (Å²) in [5, 5.41) is 0. The van der Waals surface area contributed by atoms with Crippen molar-refractivity contribution in [3.8, 4) is 0 Å². The summed E-state index contributed by atoms with van der Waals surface area (Å²) in [4.78, 5) is 28.5. The van der Waals surface area contributed by atoms with Crippen LogP contribution in [-0.4, -0.2) is 61.0 Å². The van der Waals surface area contributed by atoms with Crippen molar-refractivity contribution in [2.45, 2.75) is 19.3 Å². The molecule has 1 unspecified atom stereocenters. The molecule has 0 bridgehead atoms. The van der Waals surface area contributed by atoms with E-state index in [2.05, 4.69) is 0 Å². The highest BCUT2D eigenvalue weighted by atomic mass is 19.1. The van der Waals surface area contributed by atoms with E-state index in [0.29, 0.717) is 50.7 Å². The number of carbonyl (C=O) groups is 2. The van der Waals surface area contributed by atoms with Gasteiger partial charge in [-0.3, -0.25) is 9.59 Å². The quantitative estimate of drug-likeness (QED) is 0.849. The van der Waals surface area contributed by atoms with Gasteiger partial charge in [0.15, 0.2) is 0 Å². The fourth-order valence-electron chi connectivity index (χ4n) is 3.27. The van der Waals surface area contributed by atoms with Crippen molar-refractivity contribution in [1.82, 2.24) is 9.80 Å². The molecule has 0 radical (unpaired) electrons. The van der Waals surface area contributed by atoms with Crippen molar-refractivity contribution >= 4 is 11.8 Å². The van der Waals surface area contributed by atoms with E-state index in [0.717, 1.165) is 19.4 Å². The number of ether oxygens (including phenoxy) is 1. The average molecular weight is 334 g/mol. The van der Waals surface area contributed by atoms with Crippen LogP contribution in [0.5, 0.6) is 0 Å². The standard InChI is InChI=1S/C18H23FN2O3/c19-16-4-2-15(3-5-16)18(23)21-8-1-7-20(9-10-21)17(22)12-14-6-11-24-13-14/h2-5,14H,1,6-13H2. The summed E-state index contributed by atoms with van der Waals surface area (Å²) in [6.45, 7) is 3.79. The number of amides is 2. The summed E-state index contributed by atoms with van der Waals surface area (Å²) in [6.07, 6.45) is 2.25. The Hall–Kier alpha value is -1.95. The summed E-state index contributed by atoms with van der Waals surface area (Å²) in [7, 11) is 0. The molecule has 1 aromatic carbocycles. The van der Waals surface area contributed by atoms with Gasteiger partial charge >= 0.3 is 0 Å². The molecule has 0 spiro atoms. The van der Waals surface area contributed by atoms with Gasteiger partial charge in [0.25, 0.3) is 5.91 Å². The molecule has 0 N–H and O–H groups in total. The van der Waals surface area contributed by atoms with E-state index in [4.69, 9.17) is 4.74 Å². The zero-order chi connectivity index (χ0) is 16.9. The third-order valence-electron chi connectivity index (χ3n) is 4.71. The molecule has 2 fully saturated rings. The second-order valence-electron chi connectivity index (χ2n) is 6.47. The molecule has 2 aliphatic rings. The SMILES string of the molecule is O=C(CC1CCOC1)N1CCCN(C(=O)c2ccc(F)cc2)CC1. The molecule has 6 heteroatoms. The highest BCUT2D eigenvalue weighted by molar-refractivity contribution is 5.94. The van der Waals surface area contributed by atoms with Crippen molar-refractivity contribution in [2.24, 2.45) is 5.92 Å². The first-order valence-electron chi connectivity index (χ1n) is 8.54. The molecular formula is C18H23FN2O3. The van der Waals surface area contributed by atoms with Crippen molar-refractivity contribution < 1.29 is 18.7 Å². The second-order valence-corrected chi connectivity index (χ2v) is 6.47. The lowest BCUT2D eigenvalue weighted by Crippen LogP contribution is -2.38. The molecule has 2 aliphatic heterocycles. The Morgan fingerprint density at radius 1 is 1.08 bits per heavy atom. The number of halogens is 1. The number of rotatable bonds is 3. The second kappa shape index (κ2) is 7.75. The van der Waals surface area contributed by atoms with Gasteiger partial charge in [-0.15, -0.1) is 0 Å². The maximum absolute atomic E-state index is 13.0. The highest BCUT2D eigenvalue weighted by Crippen LogP contribution is 2.18. The smallest absolute Gasteiger partial charge is 0.253 e. The fraction of sp³-hybridized carbons (Fsp3) is 0.556. The van der Waals surface area contributed by atoms with E-state index in [-0.39, 0.29) is 17.6 Å². The van der Waals surface area contributed by atoms with Gasteiger partial charge in [-0.1, -0.05) is 0 Å². The number of hydrogen-bond acceptors (Lipinski definition) is 3. The van der Waals surface area contributed by atoms with Gasteiger partial charge in [0.1, 0.15) is 5.82 Å². The largest absolute Gasteiger partial charge is 0.381 e. The molecule has 5 nitrogen and oxygen atoms in total. The molecule has 0 saturated carbocycles. The minimum atomic E-state index is -0.352. The van der Waals surface area contributed by atoms with Gasteiger partial charge in [-0.25, -0.2) is 4.39 Å².